The fraction of sp³-hybridized carbons (Fsp3) is 0.143. The van der Waals surface area contributed by atoms with Crippen molar-refractivity contribution in [2.24, 2.45) is 0 Å². The summed E-state index contributed by atoms with van der Waals surface area (Å²) in [5.74, 6) is -0.200. The molecule has 3 N–H and O–H groups in total. The minimum absolute atomic E-state index is 0.265. The lowest BCUT2D eigenvalue weighted by Gasteiger charge is -2.15. The van der Waals surface area contributed by atoms with Crippen molar-refractivity contribution in [1.82, 2.24) is 14.7 Å². The molecule has 4 rings (SSSR count). The van der Waals surface area contributed by atoms with Gasteiger partial charge in [0.15, 0.2) is 0 Å². The molecule has 2 heterocycles. The smallest absolute Gasteiger partial charge is 0.339 e. The van der Waals surface area contributed by atoms with Crippen molar-refractivity contribution >= 4 is 43.2 Å². The van der Waals surface area contributed by atoms with Crippen LogP contribution in [-0.4, -0.2) is 23.9 Å². The molecule has 0 bridgehead atoms. The first-order valence-electron chi connectivity index (χ1n) is 9.49. The molecule has 0 saturated heterocycles. The van der Waals surface area contributed by atoms with Gasteiger partial charge in [0.1, 0.15) is 11.6 Å². The summed E-state index contributed by atoms with van der Waals surface area (Å²) in [6, 6.07) is 9.88. The molecule has 0 amide bonds. The summed E-state index contributed by atoms with van der Waals surface area (Å²) in [6.45, 7) is 1.15. The van der Waals surface area contributed by atoms with Crippen molar-refractivity contribution in [2.75, 3.05) is 5.32 Å². The van der Waals surface area contributed by atoms with Crippen LogP contribution in [0, 0.1) is 12.7 Å². The summed E-state index contributed by atoms with van der Waals surface area (Å²) in [7, 11) is -5.49. The molecule has 7 nitrogen and oxygen atoms in total. The minimum Gasteiger partial charge on any atom is -0.339 e. The van der Waals surface area contributed by atoms with Crippen molar-refractivity contribution < 1.29 is 26.0 Å². The van der Waals surface area contributed by atoms with Gasteiger partial charge in [-0.2, -0.15) is 13.2 Å². The lowest BCUT2D eigenvalue weighted by atomic mass is 10.1. The molecule has 0 spiro atoms. The Hall–Kier alpha value is -3.51. The van der Waals surface area contributed by atoms with Gasteiger partial charge in [-0.1, -0.05) is 12.1 Å². The van der Waals surface area contributed by atoms with Crippen LogP contribution in [0.3, 0.4) is 0 Å². The number of fused-ring (bicyclic) bond motifs is 3. The highest BCUT2D eigenvalue weighted by atomic mass is 32.2. The van der Waals surface area contributed by atoms with Gasteiger partial charge in [-0.25, -0.2) is 22.5 Å². The zero-order valence-corrected chi connectivity index (χ0v) is 17.7. The van der Waals surface area contributed by atoms with Crippen LogP contribution in [0.4, 0.5) is 29.1 Å². The monoisotopic (exact) mass is 480 g/mol. The Morgan fingerprint density at radius 1 is 1.03 bits per heavy atom. The van der Waals surface area contributed by atoms with Crippen LogP contribution in [0.2, 0.25) is 0 Å². The van der Waals surface area contributed by atoms with Crippen LogP contribution in [-0.2, 0) is 16.6 Å². The summed E-state index contributed by atoms with van der Waals surface area (Å²) >= 11 is 0. The van der Waals surface area contributed by atoms with Crippen LogP contribution in [0.25, 0.3) is 21.7 Å². The topological polar surface area (TPSA) is 104 Å². The number of pyridine rings is 2. The standard InChI is InChI=1S/C21H16F4N4O3S/c1-11-2-3-12(9-27-33(31,32)21(23,24)25)6-18(11)29-20-15-8-19(30)26-10-16(15)14-7-13(22)4-5-17(14)28-20/h2-8,10,27H,9H2,1H3,(H,26,30)(H,28,29). The minimum atomic E-state index is -5.49. The number of halogens is 4. The Labute approximate surface area is 184 Å². The number of anilines is 2. The average molecular weight is 480 g/mol. The number of alkyl halides is 3. The molecule has 0 aliphatic carbocycles. The molecule has 0 atom stereocenters. The maximum Gasteiger partial charge on any atom is 0.511 e. The quantitative estimate of drug-likeness (QED) is 0.293. The van der Waals surface area contributed by atoms with Gasteiger partial charge in [0.05, 0.1) is 5.52 Å². The number of nitrogens with one attached hydrogen (secondary N) is 3. The molecule has 4 aromatic rings. The number of hydrogen-bond donors (Lipinski definition) is 3. The first-order chi connectivity index (χ1) is 15.4. The number of aromatic nitrogens is 2. The molecule has 0 saturated carbocycles. The van der Waals surface area contributed by atoms with E-state index < -0.39 is 33.5 Å². The van der Waals surface area contributed by atoms with Gasteiger partial charge >= 0.3 is 15.5 Å². The Morgan fingerprint density at radius 3 is 2.52 bits per heavy atom. The van der Waals surface area contributed by atoms with E-state index in [0.717, 1.165) is 0 Å². The normalized spacial score (nSPS) is 12.4. The number of benzene rings is 2. The third-order valence-corrected chi connectivity index (χ3v) is 6.12. The summed E-state index contributed by atoms with van der Waals surface area (Å²) in [5.41, 5.74) is -3.98. The summed E-state index contributed by atoms with van der Waals surface area (Å²) in [4.78, 5) is 19.0. The van der Waals surface area contributed by atoms with E-state index in [1.807, 2.05) is 0 Å². The zero-order valence-electron chi connectivity index (χ0n) is 16.9. The fourth-order valence-electron chi connectivity index (χ4n) is 3.29. The molecule has 2 aromatic carbocycles. The average Bonchev–Trinajstić information content (AvgIpc) is 2.74. The SMILES string of the molecule is Cc1ccc(CNS(=O)(=O)C(F)(F)F)cc1Nc1nc2ccc(F)cc2c2c[nH]c(=O)cc12. The molecular weight excluding hydrogens is 464 g/mol. The van der Waals surface area contributed by atoms with Gasteiger partial charge in [-0.05, 0) is 42.3 Å². The van der Waals surface area contributed by atoms with Crippen LogP contribution in [0.15, 0.2) is 53.5 Å². The molecule has 33 heavy (non-hydrogen) atoms. The second-order valence-corrected chi connectivity index (χ2v) is 9.05. The van der Waals surface area contributed by atoms with Gasteiger partial charge in [0.25, 0.3) is 0 Å². The summed E-state index contributed by atoms with van der Waals surface area (Å²) in [5, 5.41) is 4.48. The number of sulfonamides is 1. The second kappa shape index (κ2) is 8.12. The van der Waals surface area contributed by atoms with Crippen LogP contribution >= 0.6 is 0 Å². The molecular formula is C21H16F4N4O3S. The second-order valence-electron chi connectivity index (χ2n) is 7.29. The molecule has 0 aliphatic heterocycles. The lowest BCUT2D eigenvalue weighted by Crippen LogP contribution is -2.35. The molecule has 0 radical (unpaired) electrons. The van der Waals surface area contributed by atoms with E-state index in [-0.39, 0.29) is 11.4 Å². The first kappa shape index (κ1) is 22.7. The molecule has 0 unspecified atom stereocenters. The van der Waals surface area contributed by atoms with Gasteiger partial charge in [-0.3, -0.25) is 4.79 Å². The number of rotatable bonds is 5. The van der Waals surface area contributed by atoms with E-state index in [4.69, 9.17) is 0 Å². The molecule has 12 heteroatoms. The Morgan fingerprint density at radius 2 is 1.79 bits per heavy atom. The molecule has 0 aliphatic rings. The predicted molar refractivity (Wildman–Crippen MR) is 116 cm³/mol. The first-order valence-corrected chi connectivity index (χ1v) is 11.0. The van der Waals surface area contributed by atoms with Crippen LogP contribution in [0.5, 0.6) is 0 Å². The molecule has 172 valence electrons. The van der Waals surface area contributed by atoms with Crippen molar-refractivity contribution in [1.29, 1.82) is 0 Å². The van der Waals surface area contributed by atoms with Crippen molar-refractivity contribution in [3.05, 3.63) is 76.0 Å². The number of aryl methyl sites for hydroxylation is 1. The highest BCUT2D eigenvalue weighted by Gasteiger charge is 2.45. The van der Waals surface area contributed by atoms with E-state index in [9.17, 15) is 30.8 Å². The fourth-order valence-corrected chi connectivity index (χ4v) is 3.81. The number of aromatic amines is 1. The Balaban J connectivity index is 1.75. The van der Waals surface area contributed by atoms with Crippen molar-refractivity contribution in [3.8, 4) is 0 Å². The van der Waals surface area contributed by atoms with E-state index in [0.29, 0.717) is 32.9 Å². The molecule has 0 fully saturated rings. The number of H-pyrrole nitrogens is 1. The van der Waals surface area contributed by atoms with Gasteiger partial charge in [-0.15, -0.1) is 0 Å². The van der Waals surface area contributed by atoms with E-state index in [1.54, 1.807) is 13.0 Å². The Bertz CT molecular complexity index is 1550. The summed E-state index contributed by atoms with van der Waals surface area (Å²) in [6.07, 6.45) is 1.45. The van der Waals surface area contributed by atoms with Gasteiger partial charge in [0, 0.05) is 40.7 Å². The van der Waals surface area contributed by atoms with Gasteiger partial charge < -0.3 is 10.3 Å². The maximum atomic E-state index is 13.8. The van der Waals surface area contributed by atoms with Crippen LogP contribution in [0.1, 0.15) is 11.1 Å². The highest BCUT2D eigenvalue weighted by molar-refractivity contribution is 7.90. The van der Waals surface area contributed by atoms with Gasteiger partial charge in [0.2, 0.25) is 5.56 Å². The number of nitrogens with zero attached hydrogens (tertiary/aromatic N) is 1. The maximum absolute atomic E-state index is 13.8. The third-order valence-electron chi connectivity index (χ3n) is 4.99. The largest absolute Gasteiger partial charge is 0.511 e. The zero-order chi connectivity index (χ0) is 24.0. The third kappa shape index (κ3) is 4.52. The van der Waals surface area contributed by atoms with E-state index in [2.05, 4.69) is 15.3 Å². The van der Waals surface area contributed by atoms with E-state index >= 15 is 0 Å². The summed E-state index contributed by atoms with van der Waals surface area (Å²) < 4.78 is 75.6. The van der Waals surface area contributed by atoms with Crippen molar-refractivity contribution in [2.45, 2.75) is 19.0 Å². The van der Waals surface area contributed by atoms with Crippen LogP contribution < -0.4 is 15.6 Å². The van der Waals surface area contributed by atoms with Crippen molar-refractivity contribution in [3.63, 3.8) is 0 Å². The predicted octanol–water partition coefficient (Wildman–Crippen LogP) is 4.21. The van der Waals surface area contributed by atoms with E-state index in [1.165, 1.54) is 47.3 Å². The molecule has 2 aromatic heterocycles. The Kier molecular flexibility index (Phi) is 5.58. The highest BCUT2D eigenvalue weighted by Crippen LogP contribution is 2.31. The lowest BCUT2D eigenvalue weighted by molar-refractivity contribution is -0.0448. The number of hydrogen-bond acceptors (Lipinski definition) is 5.